The molecule has 0 saturated carbocycles. The van der Waals surface area contributed by atoms with E-state index in [2.05, 4.69) is 4.98 Å². The molecule has 4 heteroatoms. The molecule has 0 spiro atoms. The van der Waals surface area contributed by atoms with Gasteiger partial charge in [-0.25, -0.2) is 4.79 Å². The topological polar surface area (TPSA) is 48.4 Å². The lowest BCUT2D eigenvalue weighted by atomic mass is 10.2. The maximum atomic E-state index is 11.8. The lowest BCUT2D eigenvalue weighted by Crippen LogP contribution is -2.05. The van der Waals surface area contributed by atoms with Crippen molar-refractivity contribution in [2.24, 2.45) is 0 Å². The van der Waals surface area contributed by atoms with E-state index in [1.807, 2.05) is 13.0 Å². The van der Waals surface area contributed by atoms with Crippen molar-refractivity contribution < 1.29 is 14.3 Å². The highest BCUT2D eigenvalue weighted by Gasteiger charge is 2.07. The molecule has 0 aliphatic heterocycles. The summed E-state index contributed by atoms with van der Waals surface area (Å²) in [6.45, 7) is 2.74. The average molecular weight is 257 g/mol. The molecule has 98 valence electrons. The molecule has 0 N–H and O–H groups in total. The molecule has 0 aliphatic carbocycles. The molecule has 1 heterocycles. The summed E-state index contributed by atoms with van der Waals surface area (Å²) in [5, 5.41) is 0. The first-order valence-corrected chi connectivity index (χ1v) is 6.08. The van der Waals surface area contributed by atoms with Crippen molar-refractivity contribution in [2.75, 3.05) is 6.61 Å². The summed E-state index contributed by atoms with van der Waals surface area (Å²) in [4.78, 5) is 15.8. The monoisotopic (exact) mass is 257 g/mol. The Bertz CT molecular complexity index is 523. The van der Waals surface area contributed by atoms with Gasteiger partial charge in [0.2, 0.25) is 0 Å². The number of nitrogens with zero attached hydrogens (tertiary/aromatic N) is 1. The zero-order valence-electron chi connectivity index (χ0n) is 10.7. The van der Waals surface area contributed by atoms with E-state index in [1.165, 1.54) is 0 Å². The van der Waals surface area contributed by atoms with E-state index in [9.17, 15) is 4.79 Å². The number of hydrogen-bond donors (Lipinski definition) is 0. The Kier molecular flexibility index (Phi) is 4.50. The maximum absolute atomic E-state index is 11.8. The van der Waals surface area contributed by atoms with Crippen LogP contribution in [-0.4, -0.2) is 17.6 Å². The smallest absolute Gasteiger partial charge is 0.338 e. The standard InChI is InChI=1S/C15H15NO3/c1-2-18-14-7-5-13(6-8-14)15(17)19-11-12-4-3-9-16-10-12/h3-10H,2,11H2,1H3. The number of aromatic nitrogens is 1. The normalized spacial score (nSPS) is 9.95. The van der Waals surface area contributed by atoms with Crippen LogP contribution >= 0.6 is 0 Å². The van der Waals surface area contributed by atoms with Gasteiger partial charge in [0, 0.05) is 18.0 Å². The number of rotatable bonds is 5. The maximum Gasteiger partial charge on any atom is 0.338 e. The van der Waals surface area contributed by atoms with Crippen molar-refractivity contribution in [2.45, 2.75) is 13.5 Å². The Balaban J connectivity index is 1.92. The largest absolute Gasteiger partial charge is 0.494 e. The van der Waals surface area contributed by atoms with E-state index < -0.39 is 0 Å². The molecular formula is C15H15NO3. The minimum atomic E-state index is -0.355. The number of ether oxygens (including phenoxy) is 2. The van der Waals surface area contributed by atoms with Crippen LogP contribution in [0.25, 0.3) is 0 Å². The van der Waals surface area contributed by atoms with E-state index >= 15 is 0 Å². The van der Waals surface area contributed by atoms with Crippen LogP contribution in [0, 0.1) is 0 Å². The molecule has 1 aromatic carbocycles. The van der Waals surface area contributed by atoms with Gasteiger partial charge in [0.05, 0.1) is 12.2 Å². The predicted octanol–water partition coefficient (Wildman–Crippen LogP) is 2.84. The number of carbonyl (C=O) groups excluding carboxylic acids is 1. The third kappa shape index (κ3) is 3.81. The van der Waals surface area contributed by atoms with Crippen LogP contribution in [0.15, 0.2) is 48.8 Å². The van der Waals surface area contributed by atoms with Gasteiger partial charge in [-0.3, -0.25) is 4.98 Å². The second kappa shape index (κ2) is 6.54. The molecule has 4 nitrogen and oxygen atoms in total. The summed E-state index contributed by atoms with van der Waals surface area (Å²) in [5.41, 5.74) is 1.37. The predicted molar refractivity (Wildman–Crippen MR) is 71.0 cm³/mol. The number of benzene rings is 1. The van der Waals surface area contributed by atoms with Crippen molar-refractivity contribution in [3.05, 3.63) is 59.9 Å². The fourth-order valence-corrected chi connectivity index (χ4v) is 1.57. The van der Waals surface area contributed by atoms with Crippen LogP contribution in [0.1, 0.15) is 22.8 Å². The van der Waals surface area contributed by atoms with E-state index in [0.717, 1.165) is 11.3 Å². The van der Waals surface area contributed by atoms with Gasteiger partial charge in [-0.15, -0.1) is 0 Å². The highest BCUT2D eigenvalue weighted by atomic mass is 16.5. The molecule has 2 rings (SSSR count). The fraction of sp³-hybridized carbons (Fsp3) is 0.200. The minimum absolute atomic E-state index is 0.222. The summed E-state index contributed by atoms with van der Waals surface area (Å²) in [7, 11) is 0. The highest BCUT2D eigenvalue weighted by molar-refractivity contribution is 5.89. The Morgan fingerprint density at radius 2 is 2.00 bits per heavy atom. The van der Waals surface area contributed by atoms with Gasteiger partial charge in [-0.2, -0.15) is 0 Å². The van der Waals surface area contributed by atoms with Crippen LogP contribution in [0.4, 0.5) is 0 Å². The Morgan fingerprint density at radius 1 is 1.21 bits per heavy atom. The molecule has 0 atom stereocenters. The van der Waals surface area contributed by atoms with Crippen LogP contribution < -0.4 is 4.74 Å². The van der Waals surface area contributed by atoms with Crippen molar-refractivity contribution in [3.8, 4) is 5.75 Å². The summed E-state index contributed by atoms with van der Waals surface area (Å²) in [6.07, 6.45) is 3.35. The number of pyridine rings is 1. The number of esters is 1. The van der Waals surface area contributed by atoms with Crippen molar-refractivity contribution >= 4 is 5.97 Å². The molecule has 19 heavy (non-hydrogen) atoms. The van der Waals surface area contributed by atoms with E-state index in [-0.39, 0.29) is 12.6 Å². The summed E-state index contributed by atoms with van der Waals surface area (Å²) >= 11 is 0. The SMILES string of the molecule is CCOc1ccc(C(=O)OCc2cccnc2)cc1. The molecule has 0 saturated heterocycles. The quantitative estimate of drug-likeness (QED) is 0.773. The lowest BCUT2D eigenvalue weighted by molar-refractivity contribution is 0.0472. The first-order valence-electron chi connectivity index (χ1n) is 6.08. The first-order chi connectivity index (χ1) is 9.29. The number of carbonyl (C=O) groups is 1. The van der Waals surface area contributed by atoms with Crippen LogP contribution in [0.5, 0.6) is 5.75 Å². The molecule has 0 aliphatic rings. The van der Waals surface area contributed by atoms with Gasteiger partial charge < -0.3 is 9.47 Å². The Morgan fingerprint density at radius 3 is 2.63 bits per heavy atom. The second-order valence-electron chi connectivity index (χ2n) is 3.89. The zero-order valence-corrected chi connectivity index (χ0v) is 10.7. The van der Waals surface area contributed by atoms with Crippen molar-refractivity contribution in [1.82, 2.24) is 4.98 Å². The minimum Gasteiger partial charge on any atom is -0.494 e. The fourth-order valence-electron chi connectivity index (χ4n) is 1.57. The Labute approximate surface area is 112 Å². The summed E-state index contributed by atoms with van der Waals surface area (Å²) < 4.78 is 10.5. The molecular weight excluding hydrogens is 242 g/mol. The molecule has 0 bridgehead atoms. The summed E-state index contributed by atoms with van der Waals surface area (Å²) in [5.74, 6) is 0.387. The van der Waals surface area contributed by atoms with Crippen LogP contribution in [0.3, 0.4) is 0 Å². The molecule has 0 amide bonds. The van der Waals surface area contributed by atoms with Crippen LogP contribution in [0.2, 0.25) is 0 Å². The van der Waals surface area contributed by atoms with E-state index in [1.54, 1.807) is 42.7 Å². The van der Waals surface area contributed by atoms with Gasteiger partial charge >= 0.3 is 5.97 Å². The first kappa shape index (κ1) is 13.1. The highest BCUT2D eigenvalue weighted by Crippen LogP contribution is 2.13. The van der Waals surface area contributed by atoms with E-state index in [4.69, 9.17) is 9.47 Å². The second-order valence-corrected chi connectivity index (χ2v) is 3.89. The van der Waals surface area contributed by atoms with Gasteiger partial charge in [0.25, 0.3) is 0 Å². The molecule has 2 aromatic rings. The van der Waals surface area contributed by atoms with Gasteiger partial charge in [-0.1, -0.05) is 6.07 Å². The van der Waals surface area contributed by atoms with Gasteiger partial charge in [0.15, 0.2) is 0 Å². The molecule has 0 radical (unpaired) electrons. The third-order valence-electron chi connectivity index (χ3n) is 2.49. The molecule has 0 unspecified atom stereocenters. The molecule has 1 aromatic heterocycles. The zero-order chi connectivity index (χ0) is 13.5. The Hall–Kier alpha value is -2.36. The lowest BCUT2D eigenvalue weighted by Gasteiger charge is -2.06. The van der Waals surface area contributed by atoms with Crippen molar-refractivity contribution in [3.63, 3.8) is 0 Å². The average Bonchev–Trinajstić information content (AvgIpc) is 2.47. The van der Waals surface area contributed by atoms with Gasteiger partial charge in [0.1, 0.15) is 12.4 Å². The third-order valence-corrected chi connectivity index (χ3v) is 2.49. The summed E-state index contributed by atoms with van der Waals surface area (Å²) in [6, 6.07) is 10.6. The number of hydrogen-bond acceptors (Lipinski definition) is 4. The van der Waals surface area contributed by atoms with Gasteiger partial charge in [-0.05, 0) is 37.3 Å². The van der Waals surface area contributed by atoms with E-state index in [0.29, 0.717) is 12.2 Å². The van der Waals surface area contributed by atoms with Crippen molar-refractivity contribution in [1.29, 1.82) is 0 Å². The molecule has 0 fully saturated rings. The van der Waals surface area contributed by atoms with Crippen LogP contribution in [-0.2, 0) is 11.3 Å².